The topological polar surface area (TPSA) is 74.1 Å². The van der Waals surface area contributed by atoms with E-state index in [-0.39, 0.29) is 22.9 Å². The zero-order chi connectivity index (χ0) is 22.7. The smallest absolute Gasteiger partial charge is 0.232 e. The average Bonchev–Trinajstić information content (AvgIpc) is 2.77. The number of hydrogen-bond acceptors (Lipinski definition) is 5. The zero-order valence-electron chi connectivity index (χ0n) is 18.8. The third-order valence-corrected chi connectivity index (χ3v) is 7.42. The molecule has 0 spiro atoms. The van der Waals surface area contributed by atoms with Crippen LogP contribution in [0.2, 0.25) is 0 Å². The van der Waals surface area contributed by atoms with Crippen molar-refractivity contribution in [2.75, 3.05) is 18.8 Å². The largest absolute Gasteiger partial charge is 0.342 e. The van der Waals surface area contributed by atoms with Gasteiger partial charge in [0.25, 0.3) is 0 Å². The Labute approximate surface area is 194 Å². The van der Waals surface area contributed by atoms with Crippen molar-refractivity contribution in [3.8, 4) is 6.07 Å². The summed E-state index contributed by atoms with van der Waals surface area (Å²) >= 11 is 1.31. The molecule has 2 aromatic rings. The van der Waals surface area contributed by atoms with Crippen molar-refractivity contribution >= 4 is 23.5 Å². The average molecular weight is 448 g/mol. The van der Waals surface area contributed by atoms with Gasteiger partial charge in [-0.2, -0.15) is 5.26 Å². The molecule has 2 aliphatic rings. The van der Waals surface area contributed by atoms with Crippen LogP contribution in [0.3, 0.4) is 0 Å². The second kappa shape index (κ2) is 9.46. The molecule has 1 fully saturated rings. The van der Waals surface area contributed by atoms with E-state index in [4.69, 9.17) is 0 Å². The summed E-state index contributed by atoms with van der Waals surface area (Å²) in [7, 11) is 0. The Hall–Kier alpha value is -2.65. The molecule has 0 saturated carbocycles. The normalized spacial score (nSPS) is 18.2. The Morgan fingerprint density at radius 2 is 1.94 bits per heavy atom. The van der Waals surface area contributed by atoms with Gasteiger partial charge in [0.2, 0.25) is 5.91 Å². The Bertz CT molecular complexity index is 1050. The van der Waals surface area contributed by atoms with Gasteiger partial charge in [-0.25, -0.2) is 4.98 Å². The van der Waals surface area contributed by atoms with Crippen LogP contribution in [-0.4, -0.2) is 40.4 Å². The fraction of sp³-hybridized carbons (Fsp3) is 0.462. The number of aromatic nitrogens is 1. The number of nitrogens with zero attached hydrogens (tertiary/aromatic N) is 3. The number of piperidine rings is 1. The van der Waals surface area contributed by atoms with E-state index in [0.717, 1.165) is 38.0 Å². The number of ketones is 1. The summed E-state index contributed by atoms with van der Waals surface area (Å²) in [5, 5.41) is 10.1. The first-order chi connectivity index (χ1) is 15.3. The molecule has 0 bridgehead atoms. The molecule has 6 heteroatoms. The molecule has 2 heterocycles. The van der Waals surface area contributed by atoms with Crippen LogP contribution < -0.4 is 0 Å². The van der Waals surface area contributed by atoms with E-state index in [1.165, 1.54) is 17.3 Å². The van der Waals surface area contributed by atoms with Crippen LogP contribution in [-0.2, 0) is 17.6 Å². The van der Waals surface area contributed by atoms with Crippen molar-refractivity contribution in [2.45, 2.75) is 51.0 Å². The number of thioether (sulfide) groups is 1. The van der Waals surface area contributed by atoms with Gasteiger partial charge in [-0.15, -0.1) is 0 Å². The molecule has 1 aromatic carbocycles. The minimum atomic E-state index is -0.132. The third kappa shape index (κ3) is 5.21. The zero-order valence-corrected chi connectivity index (χ0v) is 19.6. The lowest BCUT2D eigenvalue weighted by atomic mass is 9.75. The molecule has 1 amide bonds. The minimum Gasteiger partial charge on any atom is -0.342 e. The van der Waals surface area contributed by atoms with E-state index in [9.17, 15) is 14.9 Å². The third-order valence-electron chi connectivity index (χ3n) is 6.44. The Morgan fingerprint density at radius 3 is 2.62 bits per heavy atom. The summed E-state index contributed by atoms with van der Waals surface area (Å²) < 4.78 is 0. The predicted octanol–water partition coefficient (Wildman–Crippen LogP) is 4.68. The van der Waals surface area contributed by atoms with Crippen LogP contribution in [0.4, 0.5) is 0 Å². The molecule has 5 nitrogen and oxygen atoms in total. The first-order valence-electron chi connectivity index (χ1n) is 11.3. The maximum Gasteiger partial charge on any atom is 0.232 e. The van der Waals surface area contributed by atoms with Crippen LogP contribution in [0.1, 0.15) is 60.3 Å². The van der Waals surface area contributed by atoms with Crippen LogP contribution in [0, 0.1) is 22.7 Å². The molecule has 1 aromatic heterocycles. The Morgan fingerprint density at radius 1 is 1.22 bits per heavy atom. The number of fused-ring (bicyclic) bond motifs is 1. The van der Waals surface area contributed by atoms with Crippen molar-refractivity contribution in [3.05, 3.63) is 58.8 Å². The highest BCUT2D eigenvalue weighted by Gasteiger charge is 2.33. The number of benzene rings is 1. The van der Waals surface area contributed by atoms with E-state index in [1.807, 2.05) is 11.0 Å². The van der Waals surface area contributed by atoms with Gasteiger partial charge < -0.3 is 4.90 Å². The highest BCUT2D eigenvalue weighted by Crippen LogP contribution is 2.36. The number of hydrogen-bond donors (Lipinski definition) is 0. The Balaban J connectivity index is 1.35. The number of carbonyl (C=O) groups is 2. The van der Waals surface area contributed by atoms with E-state index in [0.29, 0.717) is 34.9 Å². The summed E-state index contributed by atoms with van der Waals surface area (Å²) in [6, 6.07) is 14.4. The highest BCUT2D eigenvalue weighted by molar-refractivity contribution is 8.00. The highest BCUT2D eigenvalue weighted by atomic mass is 32.2. The van der Waals surface area contributed by atoms with Crippen LogP contribution in [0.5, 0.6) is 0 Å². The number of Topliss-reactive ketones (excluding diaryl/α,β-unsaturated/α-hetero) is 1. The molecule has 0 radical (unpaired) electrons. The molecular weight excluding hydrogens is 418 g/mol. The fourth-order valence-corrected chi connectivity index (χ4v) is 5.58. The Kier molecular flexibility index (Phi) is 6.66. The second-order valence-corrected chi connectivity index (χ2v) is 10.7. The molecule has 0 unspecified atom stereocenters. The molecule has 166 valence electrons. The standard InChI is InChI=1S/C26H29N3O2S/c1-26(2)14-22-21(23(30)15-26)13-20(16-27)25(28-22)32-17-24(31)29-10-8-19(9-11-29)12-18-6-4-3-5-7-18/h3-7,13,19H,8-12,14-15,17H2,1-2H3. The predicted molar refractivity (Wildman–Crippen MR) is 126 cm³/mol. The van der Waals surface area contributed by atoms with Crippen LogP contribution in [0.25, 0.3) is 0 Å². The SMILES string of the molecule is CC1(C)CC(=O)c2cc(C#N)c(SCC(=O)N3CCC(Cc4ccccc4)CC3)nc2C1. The lowest BCUT2D eigenvalue weighted by molar-refractivity contribution is -0.129. The molecule has 0 N–H and O–H groups in total. The molecule has 32 heavy (non-hydrogen) atoms. The van der Waals surface area contributed by atoms with Gasteiger partial charge in [0.15, 0.2) is 5.78 Å². The summed E-state index contributed by atoms with van der Waals surface area (Å²) in [5.74, 6) is 1.02. The van der Waals surface area contributed by atoms with Gasteiger partial charge in [-0.3, -0.25) is 9.59 Å². The van der Waals surface area contributed by atoms with E-state index in [1.54, 1.807) is 6.07 Å². The van der Waals surface area contributed by atoms with Gasteiger partial charge >= 0.3 is 0 Å². The number of amides is 1. The summed E-state index contributed by atoms with van der Waals surface area (Å²) in [4.78, 5) is 31.9. The van der Waals surface area contributed by atoms with Gasteiger partial charge in [-0.1, -0.05) is 55.9 Å². The lowest BCUT2D eigenvalue weighted by Gasteiger charge is -2.32. The molecule has 0 atom stereocenters. The van der Waals surface area contributed by atoms with E-state index >= 15 is 0 Å². The molecule has 1 aliphatic carbocycles. The van der Waals surface area contributed by atoms with E-state index < -0.39 is 0 Å². The summed E-state index contributed by atoms with van der Waals surface area (Å²) in [5.41, 5.74) is 2.93. The summed E-state index contributed by atoms with van der Waals surface area (Å²) in [6.07, 6.45) is 4.28. The number of rotatable bonds is 5. The fourth-order valence-electron chi connectivity index (χ4n) is 4.70. The van der Waals surface area contributed by atoms with Crippen molar-refractivity contribution in [1.29, 1.82) is 5.26 Å². The van der Waals surface area contributed by atoms with Crippen molar-refractivity contribution in [1.82, 2.24) is 9.88 Å². The number of nitriles is 1. The summed E-state index contributed by atoms with van der Waals surface area (Å²) in [6.45, 7) is 5.68. The quantitative estimate of drug-likeness (QED) is 0.622. The van der Waals surface area contributed by atoms with Gasteiger partial charge in [-0.05, 0) is 48.6 Å². The number of pyridine rings is 1. The van der Waals surface area contributed by atoms with Crippen molar-refractivity contribution in [2.24, 2.45) is 11.3 Å². The first kappa shape index (κ1) is 22.5. The molecule has 4 rings (SSSR count). The second-order valence-electron chi connectivity index (χ2n) is 9.69. The van der Waals surface area contributed by atoms with Crippen LogP contribution in [0.15, 0.2) is 41.4 Å². The maximum absolute atomic E-state index is 12.8. The van der Waals surface area contributed by atoms with E-state index in [2.05, 4.69) is 49.2 Å². The minimum absolute atomic E-state index is 0.0475. The number of likely N-dealkylation sites (tertiary alicyclic amines) is 1. The van der Waals surface area contributed by atoms with Gasteiger partial charge in [0, 0.05) is 25.1 Å². The van der Waals surface area contributed by atoms with Gasteiger partial charge in [0.05, 0.1) is 17.0 Å². The number of carbonyl (C=O) groups excluding carboxylic acids is 2. The molecule has 1 saturated heterocycles. The van der Waals surface area contributed by atoms with Crippen molar-refractivity contribution in [3.63, 3.8) is 0 Å². The van der Waals surface area contributed by atoms with Crippen molar-refractivity contribution < 1.29 is 9.59 Å². The molecule has 1 aliphatic heterocycles. The maximum atomic E-state index is 12.8. The molecular formula is C26H29N3O2S. The lowest BCUT2D eigenvalue weighted by Crippen LogP contribution is -2.39. The van der Waals surface area contributed by atoms with Crippen LogP contribution >= 0.6 is 11.8 Å². The first-order valence-corrected chi connectivity index (χ1v) is 12.2. The monoisotopic (exact) mass is 447 g/mol. The van der Waals surface area contributed by atoms with Gasteiger partial charge in [0.1, 0.15) is 11.1 Å².